The molecule has 0 aromatic heterocycles. The minimum atomic E-state index is -0.907. The number of nitrogens with one attached hydrogen (secondary N) is 2. The van der Waals surface area contributed by atoms with Gasteiger partial charge >= 0.3 is 12.0 Å². The van der Waals surface area contributed by atoms with Crippen LogP contribution in [0.3, 0.4) is 0 Å². The number of amides is 2. The highest BCUT2D eigenvalue weighted by atomic mass is 19.1. The molecule has 26 heavy (non-hydrogen) atoms. The van der Waals surface area contributed by atoms with Crippen LogP contribution in [0.2, 0.25) is 0 Å². The Hall–Kier alpha value is -3.15. The maximum Gasteiger partial charge on any atom is 0.338 e. The molecular weight excluding hydrogens is 335 g/mol. The molecule has 134 valence electrons. The molecule has 5 nitrogen and oxygen atoms in total. The van der Waals surface area contributed by atoms with Crippen LogP contribution in [0.15, 0.2) is 59.8 Å². The molecule has 1 aliphatic heterocycles. The van der Waals surface area contributed by atoms with E-state index >= 15 is 0 Å². The Morgan fingerprint density at radius 2 is 1.81 bits per heavy atom. The molecule has 0 aliphatic carbocycles. The third kappa shape index (κ3) is 3.74. The van der Waals surface area contributed by atoms with E-state index in [2.05, 4.69) is 10.6 Å². The number of allylic oxidation sites excluding steroid dienone is 1. The minimum absolute atomic E-state index is 0.0911. The number of rotatable bonds is 4. The minimum Gasteiger partial charge on any atom is -0.457 e. The van der Waals surface area contributed by atoms with Crippen LogP contribution >= 0.6 is 0 Å². The fraction of sp³-hybridized carbons (Fsp3) is 0.200. The van der Waals surface area contributed by atoms with Crippen molar-refractivity contribution in [3.8, 4) is 0 Å². The van der Waals surface area contributed by atoms with Crippen LogP contribution in [0, 0.1) is 12.7 Å². The molecular formula is C20H19FN2O3. The average Bonchev–Trinajstić information content (AvgIpc) is 2.61. The van der Waals surface area contributed by atoms with Crippen LogP contribution in [0.4, 0.5) is 9.18 Å². The summed E-state index contributed by atoms with van der Waals surface area (Å²) in [5, 5.41) is 5.13. The molecule has 0 saturated heterocycles. The summed E-state index contributed by atoms with van der Waals surface area (Å²) in [4.78, 5) is 24.5. The number of carbonyl (C=O) groups is 2. The van der Waals surface area contributed by atoms with Gasteiger partial charge in [-0.25, -0.2) is 14.0 Å². The van der Waals surface area contributed by atoms with Crippen LogP contribution in [0.1, 0.15) is 29.7 Å². The smallest absolute Gasteiger partial charge is 0.338 e. The molecule has 0 unspecified atom stereocenters. The van der Waals surface area contributed by atoms with Crippen molar-refractivity contribution in [3.05, 3.63) is 82.3 Å². The van der Waals surface area contributed by atoms with E-state index in [-0.39, 0.29) is 17.7 Å². The van der Waals surface area contributed by atoms with Crippen molar-refractivity contribution in [2.75, 3.05) is 0 Å². The summed E-state index contributed by atoms with van der Waals surface area (Å²) in [7, 11) is 0. The number of esters is 1. The number of ether oxygens (including phenoxy) is 1. The Kier molecular flexibility index (Phi) is 5.02. The summed E-state index contributed by atoms with van der Waals surface area (Å²) >= 11 is 0. The Balaban J connectivity index is 1.85. The van der Waals surface area contributed by atoms with Crippen LogP contribution in [0.5, 0.6) is 0 Å². The third-order valence-electron chi connectivity index (χ3n) is 4.20. The lowest BCUT2D eigenvalue weighted by molar-refractivity contribution is -0.140. The van der Waals surface area contributed by atoms with E-state index < -0.39 is 23.9 Å². The molecule has 0 radical (unpaired) electrons. The molecule has 0 bridgehead atoms. The first-order valence-corrected chi connectivity index (χ1v) is 8.21. The van der Waals surface area contributed by atoms with Crippen LogP contribution < -0.4 is 10.6 Å². The van der Waals surface area contributed by atoms with Crippen molar-refractivity contribution in [2.24, 2.45) is 0 Å². The van der Waals surface area contributed by atoms with Crippen molar-refractivity contribution in [1.29, 1.82) is 0 Å². The quantitative estimate of drug-likeness (QED) is 0.826. The lowest BCUT2D eigenvalue weighted by Gasteiger charge is -2.28. The van der Waals surface area contributed by atoms with Gasteiger partial charge < -0.3 is 15.4 Å². The van der Waals surface area contributed by atoms with Gasteiger partial charge in [0.25, 0.3) is 0 Å². The Labute approximate surface area is 150 Å². The highest BCUT2D eigenvalue weighted by Gasteiger charge is 2.33. The van der Waals surface area contributed by atoms with Crippen molar-refractivity contribution in [2.45, 2.75) is 26.5 Å². The predicted octanol–water partition coefficient (Wildman–Crippen LogP) is 3.51. The van der Waals surface area contributed by atoms with Gasteiger partial charge in [0.1, 0.15) is 12.4 Å². The summed E-state index contributed by atoms with van der Waals surface area (Å²) < 4.78 is 19.6. The van der Waals surface area contributed by atoms with Gasteiger partial charge in [-0.1, -0.05) is 48.0 Å². The number of urea groups is 1. The number of aryl methyl sites for hydroxylation is 1. The second kappa shape index (κ2) is 7.39. The monoisotopic (exact) mass is 354 g/mol. The molecule has 3 rings (SSSR count). The van der Waals surface area contributed by atoms with Gasteiger partial charge in [-0.15, -0.1) is 0 Å². The molecule has 2 N–H and O–H groups in total. The molecule has 0 saturated carbocycles. The average molecular weight is 354 g/mol. The van der Waals surface area contributed by atoms with E-state index in [4.69, 9.17) is 4.74 Å². The molecule has 0 spiro atoms. The van der Waals surface area contributed by atoms with Crippen LogP contribution in [-0.4, -0.2) is 12.0 Å². The summed E-state index contributed by atoms with van der Waals surface area (Å²) in [5.74, 6) is -1.11. The van der Waals surface area contributed by atoms with Crippen molar-refractivity contribution in [1.82, 2.24) is 10.6 Å². The van der Waals surface area contributed by atoms with E-state index in [0.717, 1.165) is 11.1 Å². The van der Waals surface area contributed by atoms with Crippen LogP contribution in [-0.2, 0) is 16.1 Å². The molecule has 1 heterocycles. The van der Waals surface area contributed by atoms with Gasteiger partial charge in [0.15, 0.2) is 0 Å². The van der Waals surface area contributed by atoms with Gasteiger partial charge in [0.05, 0.1) is 11.6 Å². The third-order valence-corrected chi connectivity index (χ3v) is 4.20. The van der Waals surface area contributed by atoms with Gasteiger partial charge in [-0.3, -0.25) is 0 Å². The normalized spacial score (nSPS) is 16.7. The standard InChI is InChI=1S/C20H19FN2O3/c1-12-7-9-14(10-8-12)11-26-19(24)17-13(2)22-20(25)23-18(17)15-5-3-4-6-16(15)21/h3-10,18H,11H2,1-2H3,(H2,22,23,25)/t18-/m1/s1. The van der Waals surface area contributed by atoms with Crippen molar-refractivity contribution in [3.63, 3.8) is 0 Å². The van der Waals surface area contributed by atoms with Gasteiger partial charge in [0, 0.05) is 11.3 Å². The molecule has 0 fully saturated rings. The summed E-state index contributed by atoms with van der Waals surface area (Å²) in [6, 6.07) is 12.2. The topological polar surface area (TPSA) is 67.4 Å². The number of halogens is 1. The zero-order valence-electron chi connectivity index (χ0n) is 14.5. The maximum absolute atomic E-state index is 14.2. The summed E-state index contributed by atoms with van der Waals surface area (Å²) in [5.41, 5.74) is 2.69. The summed E-state index contributed by atoms with van der Waals surface area (Å²) in [6.07, 6.45) is 0. The largest absolute Gasteiger partial charge is 0.457 e. The molecule has 1 aliphatic rings. The SMILES string of the molecule is CC1=C(C(=O)OCc2ccc(C)cc2)[C@@H](c2ccccc2F)NC(=O)N1. The zero-order chi connectivity index (χ0) is 18.7. The molecule has 6 heteroatoms. The molecule has 2 aromatic carbocycles. The number of benzene rings is 2. The van der Waals surface area contributed by atoms with Crippen LogP contribution in [0.25, 0.3) is 0 Å². The lowest BCUT2D eigenvalue weighted by Crippen LogP contribution is -2.45. The molecule has 2 amide bonds. The number of carbonyl (C=O) groups excluding carboxylic acids is 2. The Morgan fingerprint density at radius 1 is 1.12 bits per heavy atom. The highest BCUT2D eigenvalue weighted by molar-refractivity contribution is 5.95. The highest BCUT2D eigenvalue weighted by Crippen LogP contribution is 2.29. The first-order valence-electron chi connectivity index (χ1n) is 8.21. The Morgan fingerprint density at radius 3 is 2.50 bits per heavy atom. The number of hydrogen-bond acceptors (Lipinski definition) is 3. The van der Waals surface area contributed by atoms with Gasteiger partial charge in [-0.2, -0.15) is 0 Å². The van der Waals surface area contributed by atoms with E-state index in [1.807, 2.05) is 31.2 Å². The zero-order valence-corrected chi connectivity index (χ0v) is 14.5. The second-order valence-electron chi connectivity index (χ2n) is 6.15. The fourth-order valence-electron chi connectivity index (χ4n) is 2.82. The molecule has 1 atom stereocenters. The lowest BCUT2D eigenvalue weighted by atomic mass is 9.95. The predicted molar refractivity (Wildman–Crippen MR) is 94.5 cm³/mol. The van der Waals surface area contributed by atoms with Crippen molar-refractivity contribution < 1.29 is 18.7 Å². The molecule has 2 aromatic rings. The van der Waals surface area contributed by atoms with Gasteiger partial charge in [-0.05, 0) is 25.5 Å². The van der Waals surface area contributed by atoms with E-state index in [0.29, 0.717) is 5.70 Å². The summed E-state index contributed by atoms with van der Waals surface area (Å²) in [6.45, 7) is 3.65. The first kappa shape index (κ1) is 17.7. The Bertz CT molecular complexity index is 875. The first-order chi connectivity index (χ1) is 12.5. The van der Waals surface area contributed by atoms with E-state index in [9.17, 15) is 14.0 Å². The fourth-order valence-corrected chi connectivity index (χ4v) is 2.82. The van der Waals surface area contributed by atoms with Gasteiger partial charge in [0.2, 0.25) is 0 Å². The second-order valence-corrected chi connectivity index (χ2v) is 6.15. The van der Waals surface area contributed by atoms with E-state index in [1.54, 1.807) is 19.1 Å². The van der Waals surface area contributed by atoms with E-state index in [1.165, 1.54) is 12.1 Å². The maximum atomic E-state index is 14.2. The number of hydrogen-bond donors (Lipinski definition) is 2. The van der Waals surface area contributed by atoms with Crippen molar-refractivity contribution >= 4 is 12.0 Å².